The van der Waals surface area contributed by atoms with Crippen molar-refractivity contribution in [1.82, 2.24) is 0 Å². The lowest BCUT2D eigenvalue weighted by molar-refractivity contribution is -0.991. The molecule has 0 radical (unpaired) electrons. The van der Waals surface area contributed by atoms with Gasteiger partial charge in [-0.1, -0.05) is 46.4 Å². The first-order valence-electron chi connectivity index (χ1n) is 8.58. The number of carbonyl (C=O) groups excluding carboxylic acids is 4. The smallest absolute Gasteiger partial charge is 0.305 e. The van der Waals surface area contributed by atoms with Crippen LogP contribution in [0, 0.1) is 5.21 Å². The fraction of sp³-hybridized carbons (Fsp3) is 0.158. The largest absolute Gasteiger partial charge is 0.595 e. The third-order valence-corrected chi connectivity index (χ3v) is 6.25. The van der Waals surface area contributed by atoms with E-state index < -0.39 is 56.9 Å². The Balaban J connectivity index is 2.36. The van der Waals surface area contributed by atoms with Crippen LogP contribution in [0.5, 0.6) is 0 Å². The van der Waals surface area contributed by atoms with Gasteiger partial charge in [0.15, 0.2) is 11.5 Å². The number of benzene rings is 2. The molecule has 9 nitrogen and oxygen atoms in total. The van der Waals surface area contributed by atoms with E-state index in [-0.39, 0.29) is 31.8 Å². The molecule has 3 rings (SSSR count). The Kier molecular flexibility index (Phi) is 6.83. The molecule has 32 heavy (non-hydrogen) atoms. The van der Waals surface area contributed by atoms with Gasteiger partial charge in [0.25, 0.3) is 6.29 Å². The third-order valence-electron chi connectivity index (χ3n) is 4.44. The number of halogens is 4. The normalized spacial score (nSPS) is 13.5. The van der Waals surface area contributed by atoms with E-state index in [0.29, 0.717) is 0 Å². The minimum absolute atomic E-state index is 0.249. The van der Waals surface area contributed by atoms with Gasteiger partial charge in [0.05, 0.1) is 42.3 Å². The lowest BCUT2D eigenvalue weighted by atomic mass is 9.82. The topological polar surface area (TPSA) is 134 Å². The van der Waals surface area contributed by atoms with Gasteiger partial charge in [0.2, 0.25) is 5.78 Å². The monoisotopic (exact) mass is 521 g/mol. The van der Waals surface area contributed by atoms with Crippen molar-refractivity contribution in [3.63, 3.8) is 0 Å². The highest BCUT2D eigenvalue weighted by Crippen LogP contribution is 2.46. The molecule has 13 heteroatoms. The molecule has 0 aromatic heterocycles. The third kappa shape index (κ3) is 3.97. The van der Waals surface area contributed by atoms with E-state index in [9.17, 15) is 29.6 Å². The molecule has 2 aromatic carbocycles. The Morgan fingerprint density at radius 1 is 0.875 bits per heavy atom. The molecule has 0 fully saturated rings. The molecule has 0 bridgehead atoms. The molecular formula is C19H11Cl4NO8. The summed E-state index contributed by atoms with van der Waals surface area (Å²) in [5.41, 5.74) is -2.72. The summed E-state index contributed by atoms with van der Waals surface area (Å²) in [4.78, 5) is 49.4. The Morgan fingerprint density at radius 2 is 1.34 bits per heavy atom. The van der Waals surface area contributed by atoms with E-state index in [4.69, 9.17) is 55.9 Å². The van der Waals surface area contributed by atoms with Crippen LogP contribution in [0.15, 0.2) is 12.1 Å². The van der Waals surface area contributed by atoms with Crippen LogP contribution in [0.4, 0.5) is 5.69 Å². The number of rotatable bonds is 4. The van der Waals surface area contributed by atoms with E-state index in [1.54, 1.807) is 0 Å². The molecule has 2 N–H and O–H groups in total. The standard InChI is InChI=1S/C19H11Cl4NO8/c1-5(25)31-19(32-6(2)26)8-4-3-7-9(16(8)24(29)30)18(28)11-10(17(7)27)12(20)14(22)15(23)13(11)21/h3-4,19,24,29H,1-2H3. The minimum atomic E-state index is -1.79. The number of hydrogen-bond acceptors (Lipinski definition) is 8. The van der Waals surface area contributed by atoms with E-state index in [1.165, 1.54) is 0 Å². The number of nitrogens with one attached hydrogen (secondary N) is 1. The molecule has 0 spiro atoms. The summed E-state index contributed by atoms with van der Waals surface area (Å²) in [6.45, 7) is 2.02. The van der Waals surface area contributed by atoms with Crippen LogP contribution in [-0.4, -0.2) is 28.7 Å². The molecule has 1 aliphatic rings. The van der Waals surface area contributed by atoms with Crippen LogP contribution in [0.2, 0.25) is 20.1 Å². The van der Waals surface area contributed by atoms with Gasteiger partial charge in [-0.25, -0.2) is 5.21 Å². The maximum absolute atomic E-state index is 13.4. The van der Waals surface area contributed by atoms with Crippen molar-refractivity contribution < 1.29 is 39.1 Å². The molecule has 1 aliphatic carbocycles. The van der Waals surface area contributed by atoms with E-state index >= 15 is 0 Å². The number of fused-ring (bicyclic) bond motifs is 2. The van der Waals surface area contributed by atoms with Crippen molar-refractivity contribution in [2.24, 2.45) is 0 Å². The zero-order valence-electron chi connectivity index (χ0n) is 16.0. The highest BCUT2D eigenvalue weighted by Gasteiger charge is 2.41. The van der Waals surface area contributed by atoms with Gasteiger partial charge in [-0.05, 0) is 12.1 Å². The van der Waals surface area contributed by atoms with Crippen molar-refractivity contribution in [2.45, 2.75) is 20.1 Å². The molecule has 0 saturated heterocycles. The molecule has 0 amide bonds. The van der Waals surface area contributed by atoms with Crippen molar-refractivity contribution in [3.8, 4) is 0 Å². The lowest BCUT2D eigenvalue weighted by Crippen LogP contribution is -2.99. The quantitative estimate of drug-likeness (QED) is 0.174. The average Bonchev–Trinajstić information content (AvgIpc) is 2.70. The van der Waals surface area contributed by atoms with E-state index in [1.807, 2.05) is 0 Å². The van der Waals surface area contributed by atoms with E-state index in [2.05, 4.69) is 0 Å². The van der Waals surface area contributed by atoms with Crippen molar-refractivity contribution >= 4 is 75.6 Å². The Morgan fingerprint density at radius 3 is 1.78 bits per heavy atom. The first-order valence-corrected chi connectivity index (χ1v) is 10.1. The van der Waals surface area contributed by atoms with Gasteiger partial charge >= 0.3 is 11.9 Å². The number of carbonyl (C=O) groups is 4. The molecule has 0 heterocycles. The highest BCUT2D eigenvalue weighted by molar-refractivity contribution is 6.55. The van der Waals surface area contributed by atoms with Crippen LogP contribution in [0.1, 0.15) is 57.5 Å². The fourth-order valence-electron chi connectivity index (χ4n) is 3.24. The molecule has 168 valence electrons. The highest BCUT2D eigenvalue weighted by atomic mass is 35.5. The van der Waals surface area contributed by atoms with Gasteiger partial charge in [-0.3, -0.25) is 19.2 Å². The van der Waals surface area contributed by atoms with Crippen molar-refractivity contribution in [1.29, 1.82) is 0 Å². The summed E-state index contributed by atoms with van der Waals surface area (Å²) in [5, 5.41) is 19.1. The summed E-state index contributed by atoms with van der Waals surface area (Å²) < 4.78 is 9.82. The van der Waals surface area contributed by atoms with Crippen molar-refractivity contribution in [3.05, 3.63) is 65.2 Å². The minimum Gasteiger partial charge on any atom is -0.595 e. The van der Waals surface area contributed by atoms with Crippen molar-refractivity contribution in [2.75, 3.05) is 0 Å². The lowest BCUT2D eigenvalue weighted by Gasteiger charge is -2.27. The summed E-state index contributed by atoms with van der Waals surface area (Å²) in [6.07, 6.45) is -1.79. The second-order valence-corrected chi connectivity index (χ2v) is 7.98. The number of esters is 2. The zero-order valence-corrected chi connectivity index (χ0v) is 19.1. The van der Waals surface area contributed by atoms with Gasteiger partial charge < -0.3 is 14.7 Å². The molecule has 2 aromatic rings. The van der Waals surface area contributed by atoms with Crippen LogP contribution in [-0.2, 0) is 19.1 Å². The summed E-state index contributed by atoms with van der Waals surface area (Å²) in [6, 6.07) is 2.20. The molecular weight excluding hydrogens is 512 g/mol. The van der Waals surface area contributed by atoms with Gasteiger partial charge in [0.1, 0.15) is 0 Å². The predicted molar refractivity (Wildman–Crippen MR) is 112 cm³/mol. The first kappa shape index (κ1) is 24.4. The van der Waals surface area contributed by atoms with Crippen LogP contribution >= 0.6 is 46.4 Å². The number of hydrogen-bond donors (Lipinski definition) is 2. The number of ether oxygens (including phenoxy) is 2. The summed E-state index contributed by atoms with van der Waals surface area (Å²) >= 11 is 24.3. The first-order chi connectivity index (χ1) is 14.9. The molecule has 1 unspecified atom stereocenters. The second-order valence-electron chi connectivity index (χ2n) is 6.47. The Bertz CT molecular complexity index is 1190. The second kappa shape index (κ2) is 8.95. The molecule has 1 atom stereocenters. The average molecular weight is 523 g/mol. The molecule has 0 saturated carbocycles. The van der Waals surface area contributed by atoms with Gasteiger partial charge in [-0.15, -0.1) is 0 Å². The van der Waals surface area contributed by atoms with Gasteiger partial charge in [-0.2, -0.15) is 5.23 Å². The van der Waals surface area contributed by atoms with Crippen LogP contribution in [0.25, 0.3) is 0 Å². The predicted octanol–water partition coefficient (Wildman–Crippen LogP) is 3.60. The van der Waals surface area contributed by atoms with Crippen LogP contribution < -0.4 is 5.23 Å². The number of ketones is 2. The zero-order chi connectivity index (χ0) is 24.1. The maximum atomic E-state index is 13.4. The summed E-state index contributed by atoms with van der Waals surface area (Å²) in [7, 11) is 0. The maximum Gasteiger partial charge on any atom is 0.305 e. The molecule has 0 aliphatic heterocycles. The summed E-state index contributed by atoms with van der Waals surface area (Å²) in [5.74, 6) is -3.60. The van der Waals surface area contributed by atoms with Gasteiger partial charge in [0, 0.05) is 19.4 Å². The van der Waals surface area contributed by atoms with Crippen LogP contribution in [0.3, 0.4) is 0 Å². The van der Waals surface area contributed by atoms with E-state index in [0.717, 1.165) is 26.0 Å². The Labute approximate surface area is 199 Å². The fourth-order valence-corrected chi connectivity index (χ4v) is 4.27. The SMILES string of the molecule is CC(=O)OC(OC(C)=O)c1ccc2c(c1[NH+]([O-])O)C(=O)c1c(Cl)c(Cl)c(Cl)c(Cl)c1C2=O. The number of quaternary nitrogens is 1. The Hall–Kier alpha value is -2.24.